The number of para-hydroxylation sites is 1. The lowest BCUT2D eigenvalue weighted by atomic mass is 9.80. The van der Waals surface area contributed by atoms with Crippen LogP contribution in [0.4, 0.5) is 5.69 Å². The Morgan fingerprint density at radius 1 is 1.30 bits per heavy atom. The molecule has 1 amide bonds. The zero-order chi connectivity index (χ0) is 13.9. The fraction of sp³-hybridized carbons (Fsp3) is 0.588. The number of hydrogen-bond acceptors (Lipinski definition) is 2. The quantitative estimate of drug-likeness (QED) is 0.888. The Morgan fingerprint density at radius 2 is 2.10 bits per heavy atom. The van der Waals surface area contributed by atoms with E-state index in [0.717, 1.165) is 24.6 Å². The maximum Gasteiger partial charge on any atom is 0.242 e. The van der Waals surface area contributed by atoms with Crippen LogP contribution in [0.2, 0.25) is 0 Å². The van der Waals surface area contributed by atoms with Gasteiger partial charge in [0.2, 0.25) is 5.91 Å². The van der Waals surface area contributed by atoms with E-state index in [9.17, 15) is 4.79 Å². The third-order valence-corrected chi connectivity index (χ3v) is 4.92. The lowest BCUT2D eigenvalue weighted by Crippen LogP contribution is -2.42. The molecular weight excluding hydrogens is 248 g/mol. The van der Waals surface area contributed by atoms with Crippen molar-refractivity contribution in [3.63, 3.8) is 0 Å². The summed E-state index contributed by atoms with van der Waals surface area (Å²) in [7, 11) is 0. The summed E-state index contributed by atoms with van der Waals surface area (Å²) < 4.78 is 0. The molecule has 3 atom stereocenters. The normalized spacial score (nSPS) is 28.6. The number of amides is 1. The van der Waals surface area contributed by atoms with Crippen molar-refractivity contribution in [3.05, 3.63) is 29.8 Å². The Bertz CT molecular complexity index is 461. The van der Waals surface area contributed by atoms with E-state index in [1.165, 1.54) is 31.2 Å². The van der Waals surface area contributed by atoms with Crippen LogP contribution in [0, 0.1) is 11.8 Å². The first kappa shape index (κ1) is 13.5. The van der Waals surface area contributed by atoms with Crippen LogP contribution in [0.25, 0.3) is 0 Å². The van der Waals surface area contributed by atoms with Gasteiger partial charge in [-0.25, -0.2) is 0 Å². The van der Waals surface area contributed by atoms with Crippen LogP contribution in [0.1, 0.15) is 38.2 Å². The minimum atomic E-state index is -0.0914. The van der Waals surface area contributed by atoms with E-state index >= 15 is 0 Å². The van der Waals surface area contributed by atoms with Gasteiger partial charge in [0.25, 0.3) is 0 Å². The monoisotopic (exact) mass is 272 g/mol. The Labute approximate surface area is 121 Å². The van der Waals surface area contributed by atoms with Crippen molar-refractivity contribution in [2.45, 2.75) is 45.1 Å². The summed E-state index contributed by atoms with van der Waals surface area (Å²) in [6.45, 7) is 3.16. The molecule has 1 saturated carbocycles. The first-order chi connectivity index (χ1) is 9.74. The van der Waals surface area contributed by atoms with E-state index in [1.54, 1.807) is 0 Å². The van der Waals surface area contributed by atoms with Gasteiger partial charge in [-0.3, -0.25) is 4.79 Å². The molecule has 3 unspecified atom stereocenters. The molecule has 1 aromatic carbocycles. The molecule has 108 valence electrons. The van der Waals surface area contributed by atoms with Gasteiger partial charge in [-0.1, -0.05) is 44.4 Å². The number of carbonyl (C=O) groups is 1. The number of benzene rings is 1. The second-order valence-electron chi connectivity index (χ2n) is 6.33. The van der Waals surface area contributed by atoms with E-state index in [1.807, 2.05) is 18.2 Å². The van der Waals surface area contributed by atoms with Crippen LogP contribution in [-0.2, 0) is 11.2 Å². The number of hydrogen-bond donors (Lipinski definition) is 2. The maximum absolute atomic E-state index is 12.3. The van der Waals surface area contributed by atoms with Gasteiger partial charge in [0.15, 0.2) is 0 Å². The first-order valence-corrected chi connectivity index (χ1v) is 7.86. The van der Waals surface area contributed by atoms with Crippen molar-refractivity contribution in [3.8, 4) is 0 Å². The average molecular weight is 272 g/mol. The van der Waals surface area contributed by atoms with Crippen molar-refractivity contribution in [1.82, 2.24) is 5.32 Å². The molecule has 3 nitrogen and oxygen atoms in total. The largest absolute Gasteiger partial charge is 0.373 e. The van der Waals surface area contributed by atoms with Crippen LogP contribution in [-0.4, -0.2) is 18.5 Å². The molecule has 0 spiro atoms. The van der Waals surface area contributed by atoms with E-state index in [0.29, 0.717) is 5.92 Å². The molecule has 0 aromatic heterocycles. The lowest BCUT2D eigenvalue weighted by molar-refractivity contribution is -0.122. The number of anilines is 1. The molecule has 20 heavy (non-hydrogen) atoms. The highest BCUT2D eigenvalue weighted by molar-refractivity contribution is 5.87. The SMILES string of the molecule is CC1CCCCC1CNC(=O)C1Cc2ccccc2N1. The molecule has 1 fully saturated rings. The highest BCUT2D eigenvalue weighted by Gasteiger charge is 2.27. The van der Waals surface area contributed by atoms with Gasteiger partial charge in [0.1, 0.15) is 6.04 Å². The summed E-state index contributed by atoms with van der Waals surface area (Å²) in [6, 6.07) is 8.09. The van der Waals surface area contributed by atoms with Crippen molar-refractivity contribution >= 4 is 11.6 Å². The summed E-state index contributed by atoms with van der Waals surface area (Å²) >= 11 is 0. The average Bonchev–Trinajstić information content (AvgIpc) is 2.90. The molecule has 2 aliphatic rings. The van der Waals surface area contributed by atoms with E-state index in [4.69, 9.17) is 0 Å². The third kappa shape index (κ3) is 2.82. The number of fused-ring (bicyclic) bond motifs is 1. The fourth-order valence-electron chi connectivity index (χ4n) is 3.51. The highest BCUT2D eigenvalue weighted by Crippen LogP contribution is 2.29. The second kappa shape index (κ2) is 5.86. The summed E-state index contributed by atoms with van der Waals surface area (Å²) in [5.74, 6) is 1.56. The van der Waals surface area contributed by atoms with Gasteiger partial charge >= 0.3 is 0 Å². The molecule has 0 bridgehead atoms. The minimum absolute atomic E-state index is 0.0914. The maximum atomic E-state index is 12.3. The summed E-state index contributed by atoms with van der Waals surface area (Å²) in [5.41, 5.74) is 2.36. The predicted molar refractivity (Wildman–Crippen MR) is 81.7 cm³/mol. The van der Waals surface area contributed by atoms with Crippen LogP contribution in [0.5, 0.6) is 0 Å². The Kier molecular flexibility index (Phi) is 3.95. The molecule has 3 rings (SSSR count). The molecule has 3 heteroatoms. The van der Waals surface area contributed by atoms with E-state index < -0.39 is 0 Å². The van der Waals surface area contributed by atoms with Gasteiger partial charge < -0.3 is 10.6 Å². The van der Waals surface area contributed by atoms with Crippen molar-refractivity contribution in [1.29, 1.82) is 0 Å². The molecular formula is C17H24N2O. The minimum Gasteiger partial charge on any atom is -0.373 e. The summed E-state index contributed by atoms with van der Waals surface area (Å²) in [6.07, 6.45) is 6.05. The molecule has 0 saturated heterocycles. The summed E-state index contributed by atoms with van der Waals surface area (Å²) in [5, 5.41) is 6.48. The first-order valence-electron chi connectivity index (χ1n) is 7.86. The molecule has 1 aliphatic heterocycles. The second-order valence-corrected chi connectivity index (χ2v) is 6.33. The number of rotatable bonds is 3. The van der Waals surface area contributed by atoms with Crippen molar-refractivity contribution < 1.29 is 4.79 Å². The fourth-order valence-corrected chi connectivity index (χ4v) is 3.51. The topological polar surface area (TPSA) is 41.1 Å². The Morgan fingerprint density at radius 3 is 2.90 bits per heavy atom. The third-order valence-electron chi connectivity index (χ3n) is 4.92. The smallest absolute Gasteiger partial charge is 0.242 e. The number of carbonyl (C=O) groups excluding carboxylic acids is 1. The van der Waals surface area contributed by atoms with Crippen molar-refractivity contribution in [2.24, 2.45) is 11.8 Å². The van der Waals surface area contributed by atoms with Gasteiger partial charge in [0, 0.05) is 18.7 Å². The molecule has 1 aliphatic carbocycles. The van der Waals surface area contributed by atoms with Crippen LogP contribution in [0.15, 0.2) is 24.3 Å². The van der Waals surface area contributed by atoms with Gasteiger partial charge in [-0.2, -0.15) is 0 Å². The van der Waals surface area contributed by atoms with Crippen LogP contribution < -0.4 is 10.6 Å². The van der Waals surface area contributed by atoms with E-state index in [2.05, 4.69) is 23.6 Å². The number of nitrogens with one attached hydrogen (secondary N) is 2. The van der Waals surface area contributed by atoms with Crippen molar-refractivity contribution in [2.75, 3.05) is 11.9 Å². The van der Waals surface area contributed by atoms with Crippen LogP contribution in [0.3, 0.4) is 0 Å². The highest BCUT2D eigenvalue weighted by atomic mass is 16.2. The Balaban J connectivity index is 1.51. The lowest BCUT2D eigenvalue weighted by Gasteiger charge is -2.29. The zero-order valence-corrected chi connectivity index (χ0v) is 12.2. The van der Waals surface area contributed by atoms with Crippen LogP contribution >= 0.6 is 0 Å². The van der Waals surface area contributed by atoms with Gasteiger partial charge in [0.05, 0.1) is 0 Å². The van der Waals surface area contributed by atoms with E-state index in [-0.39, 0.29) is 11.9 Å². The molecule has 0 radical (unpaired) electrons. The molecule has 1 heterocycles. The standard InChI is InChI=1S/C17H24N2O/c1-12-6-2-3-8-14(12)11-18-17(20)16-10-13-7-4-5-9-15(13)19-16/h4-5,7,9,12,14,16,19H,2-3,6,8,10-11H2,1H3,(H,18,20). The van der Waals surface area contributed by atoms with Gasteiger partial charge in [-0.15, -0.1) is 0 Å². The van der Waals surface area contributed by atoms with Gasteiger partial charge in [-0.05, 0) is 29.9 Å². The Hall–Kier alpha value is -1.51. The summed E-state index contributed by atoms with van der Waals surface area (Å²) in [4.78, 5) is 12.3. The predicted octanol–water partition coefficient (Wildman–Crippen LogP) is 2.97. The zero-order valence-electron chi connectivity index (χ0n) is 12.2. The molecule has 1 aromatic rings. The molecule has 2 N–H and O–H groups in total.